The summed E-state index contributed by atoms with van der Waals surface area (Å²) in [6, 6.07) is 24.1. The molecule has 0 bridgehead atoms. The van der Waals surface area contributed by atoms with E-state index in [-0.39, 0.29) is 11.7 Å². The van der Waals surface area contributed by atoms with Crippen LogP contribution in [0.3, 0.4) is 0 Å². The van der Waals surface area contributed by atoms with Gasteiger partial charge in [0.25, 0.3) is 5.91 Å². The Morgan fingerprint density at radius 3 is 2.29 bits per heavy atom. The van der Waals surface area contributed by atoms with Crippen molar-refractivity contribution in [1.82, 2.24) is 19.6 Å². The number of hydrogen-bond donors (Lipinski definition) is 0. The highest BCUT2D eigenvalue weighted by Gasteiger charge is 2.24. The number of aryl methyl sites for hydroxylation is 2. The lowest BCUT2D eigenvalue weighted by Crippen LogP contribution is -2.37. The lowest BCUT2D eigenvalue weighted by atomic mass is 10.1. The van der Waals surface area contributed by atoms with Crippen LogP contribution in [0.5, 0.6) is 0 Å². The highest BCUT2D eigenvalue weighted by molar-refractivity contribution is 5.94. The minimum atomic E-state index is -0.309. The second kappa shape index (κ2) is 10.7. The van der Waals surface area contributed by atoms with Crippen molar-refractivity contribution in [3.8, 4) is 16.9 Å². The van der Waals surface area contributed by atoms with E-state index in [1.165, 1.54) is 12.1 Å². The number of benzene rings is 3. The maximum absolute atomic E-state index is 14.0. The fraction of sp³-hybridized carbons (Fsp3) is 0.241. The van der Waals surface area contributed by atoms with Crippen LogP contribution in [-0.2, 0) is 6.54 Å². The third-order valence-electron chi connectivity index (χ3n) is 5.97. The number of amides is 1. The molecule has 1 amide bonds. The van der Waals surface area contributed by atoms with Gasteiger partial charge in [-0.1, -0.05) is 48.0 Å². The molecule has 1 heterocycles. The van der Waals surface area contributed by atoms with Crippen molar-refractivity contribution in [1.29, 1.82) is 0 Å². The molecule has 180 valence electrons. The molecule has 3 aromatic carbocycles. The normalized spacial score (nSPS) is 11.1. The van der Waals surface area contributed by atoms with Crippen molar-refractivity contribution >= 4 is 5.91 Å². The number of hydrogen-bond acceptors (Lipinski definition) is 3. The molecular weight excluding hydrogens is 439 g/mol. The van der Waals surface area contributed by atoms with E-state index in [0.29, 0.717) is 24.5 Å². The van der Waals surface area contributed by atoms with Crippen LogP contribution in [0.15, 0.2) is 78.9 Å². The number of carbonyl (C=O) groups excluding carboxylic acids is 1. The zero-order valence-corrected chi connectivity index (χ0v) is 20.7. The van der Waals surface area contributed by atoms with Gasteiger partial charge in [0, 0.05) is 25.2 Å². The van der Waals surface area contributed by atoms with E-state index in [9.17, 15) is 9.18 Å². The Morgan fingerprint density at radius 2 is 1.63 bits per heavy atom. The standard InChI is InChI=1S/C29H31FN4O/c1-21-10-15-27(22(2)18-21)34-28(19-26(31-34)24-11-13-25(30)14-12-24)29(35)33(17-16-32(3)4)20-23-8-6-5-7-9-23/h5-15,18-19H,16-17,20H2,1-4H3. The van der Waals surface area contributed by atoms with Crippen LogP contribution in [-0.4, -0.2) is 52.7 Å². The lowest BCUT2D eigenvalue weighted by molar-refractivity contribution is 0.0722. The zero-order valence-electron chi connectivity index (χ0n) is 20.7. The van der Waals surface area contributed by atoms with Crippen molar-refractivity contribution in [3.05, 3.63) is 107 Å². The molecule has 0 aliphatic carbocycles. The van der Waals surface area contributed by atoms with Gasteiger partial charge in [-0.2, -0.15) is 5.10 Å². The predicted octanol–water partition coefficient (Wildman–Crippen LogP) is 5.50. The third-order valence-corrected chi connectivity index (χ3v) is 5.97. The number of halogens is 1. The summed E-state index contributed by atoms with van der Waals surface area (Å²) in [5, 5.41) is 4.81. The van der Waals surface area contributed by atoms with Gasteiger partial charge in [0.15, 0.2) is 0 Å². The van der Waals surface area contributed by atoms with Gasteiger partial charge in [-0.15, -0.1) is 0 Å². The minimum Gasteiger partial charge on any atom is -0.332 e. The molecule has 0 radical (unpaired) electrons. The molecule has 0 aliphatic heterocycles. The van der Waals surface area contributed by atoms with E-state index in [2.05, 4.69) is 11.0 Å². The molecule has 0 saturated carbocycles. The smallest absolute Gasteiger partial charge is 0.272 e. The average molecular weight is 471 g/mol. The molecule has 6 heteroatoms. The Bertz CT molecular complexity index is 1300. The predicted molar refractivity (Wildman–Crippen MR) is 138 cm³/mol. The summed E-state index contributed by atoms with van der Waals surface area (Å²) >= 11 is 0. The molecule has 0 unspecified atom stereocenters. The first-order valence-corrected chi connectivity index (χ1v) is 11.7. The monoisotopic (exact) mass is 470 g/mol. The summed E-state index contributed by atoms with van der Waals surface area (Å²) in [5.74, 6) is -0.409. The van der Waals surface area contributed by atoms with Gasteiger partial charge in [-0.3, -0.25) is 4.79 Å². The SMILES string of the molecule is Cc1ccc(-n2nc(-c3ccc(F)cc3)cc2C(=O)N(CCN(C)C)Cc2ccccc2)c(C)c1. The molecular formula is C29H31FN4O. The van der Waals surface area contributed by atoms with E-state index in [4.69, 9.17) is 5.10 Å². The molecule has 0 saturated heterocycles. The van der Waals surface area contributed by atoms with E-state index in [1.54, 1.807) is 16.8 Å². The fourth-order valence-electron chi connectivity index (χ4n) is 4.06. The quantitative estimate of drug-likeness (QED) is 0.342. The first kappa shape index (κ1) is 24.4. The largest absolute Gasteiger partial charge is 0.332 e. The summed E-state index contributed by atoms with van der Waals surface area (Å²) in [6.45, 7) is 5.87. The minimum absolute atomic E-state index is 0.100. The van der Waals surface area contributed by atoms with Crippen LogP contribution >= 0.6 is 0 Å². The van der Waals surface area contributed by atoms with Crippen LogP contribution in [0.1, 0.15) is 27.2 Å². The number of aromatic nitrogens is 2. The maximum Gasteiger partial charge on any atom is 0.272 e. The van der Waals surface area contributed by atoms with Crippen molar-refractivity contribution in [3.63, 3.8) is 0 Å². The van der Waals surface area contributed by atoms with E-state index >= 15 is 0 Å². The van der Waals surface area contributed by atoms with Gasteiger partial charge in [0.2, 0.25) is 0 Å². The van der Waals surface area contributed by atoms with E-state index in [1.807, 2.05) is 81.4 Å². The van der Waals surface area contributed by atoms with Crippen LogP contribution in [0, 0.1) is 19.7 Å². The third kappa shape index (κ3) is 5.84. The summed E-state index contributed by atoms with van der Waals surface area (Å²) < 4.78 is 15.3. The number of nitrogens with zero attached hydrogens (tertiary/aromatic N) is 4. The Balaban J connectivity index is 1.79. The summed E-state index contributed by atoms with van der Waals surface area (Å²) in [7, 11) is 4.00. The highest BCUT2D eigenvalue weighted by Crippen LogP contribution is 2.25. The first-order chi connectivity index (χ1) is 16.8. The molecule has 0 fully saturated rings. The Hall–Kier alpha value is -3.77. The number of likely N-dealkylation sites (N-methyl/N-ethyl adjacent to an activating group) is 1. The molecule has 0 atom stereocenters. The maximum atomic E-state index is 14.0. The number of carbonyl (C=O) groups is 1. The van der Waals surface area contributed by atoms with Crippen LogP contribution in [0.25, 0.3) is 16.9 Å². The molecule has 5 nitrogen and oxygen atoms in total. The summed E-state index contributed by atoms with van der Waals surface area (Å²) in [5.41, 5.74) is 5.94. The van der Waals surface area contributed by atoms with E-state index < -0.39 is 0 Å². The molecule has 1 aromatic heterocycles. The van der Waals surface area contributed by atoms with Gasteiger partial charge in [-0.25, -0.2) is 9.07 Å². The van der Waals surface area contributed by atoms with Gasteiger partial charge in [0.05, 0.1) is 11.4 Å². The van der Waals surface area contributed by atoms with Gasteiger partial charge in [0.1, 0.15) is 11.5 Å². The summed E-state index contributed by atoms with van der Waals surface area (Å²) in [4.78, 5) is 17.9. The Kier molecular flexibility index (Phi) is 7.42. The molecule has 0 N–H and O–H groups in total. The highest BCUT2D eigenvalue weighted by atomic mass is 19.1. The van der Waals surface area contributed by atoms with Crippen molar-refractivity contribution < 1.29 is 9.18 Å². The second-order valence-electron chi connectivity index (χ2n) is 9.14. The molecule has 4 rings (SSSR count). The fourth-order valence-corrected chi connectivity index (χ4v) is 4.06. The van der Waals surface area contributed by atoms with Crippen LogP contribution in [0.2, 0.25) is 0 Å². The van der Waals surface area contributed by atoms with Crippen LogP contribution in [0.4, 0.5) is 4.39 Å². The first-order valence-electron chi connectivity index (χ1n) is 11.7. The molecule has 0 aliphatic rings. The van der Waals surface area contributed by atoms with Crippen molar-refractivity contribution in [2.45, 2.75) is 20.4 Å². The molecule has 35 heavy (non-hydrogen) atoms. The second-order valence-corrected chi connectivity index (χ2v) is 9.14. The molecule has 0 spiro atoms. The topological polar surface area (TPSA) is 41.4 Å². The van der Waals surface area contributed by atoms with Gasteiger partial charge < -0.3 is 9.80 Å². The van der Waals surface area contributed by atoms with Gasteiger partial charge in [-0.05, 0) is 75.5 Å². The average Bonchev–Trinajstić information content (AvgIpc) is 3.27. The lowest BCUT2D eigenvalue weighted by Gasteiger charge is -2.25. The van der Waals surface area contributed by atoms with Gasteiger partial charge >= 0.3 is 0 Å². The van der Waals surface area contributed by atoms with Crippen molar-refractivity contribution in [2.75, 3.05) is 27.2 Å². The van der Waals surface area contributed by atoms with Crippen molar-refractivity contribution in [2.24, 2.45) is 0 Å². The van der Waals surface area contributed by atoms with Crippen LogP contribution < -0.4 is 0 Å². The Labute approximate surface area is 206 Å². The zero-order chi connectivity index (χ0) is 24.9. The summed E-state index contributed by atoms with van der Waals surface area (Å²) in [6.07, 6.45) is 0. The van der Waals surface area contributed by atoms with E-state index in [0.717, 1.165) is 34.5 Å². The molecule has 4 aromatic rings. The number of rotatable bonds is 8. The Morgan fingerprint density at radius 1 is 0.914 bits per heavy atom.